The molecule has 2 atom stereocenters. The van der Waals surface area contributed by atoms with Gasteiger partial charge in [-0.15, -0.1) is 0 Å². The largest absolute Gasteiger partial charge is 0.315 e. The van der Waals surface area contributed by atoms with Gasteiger partial charge in [-0.2, -0.15) is 0 Å². The highest BCUT2D eigenvalue weighted by molar-refractivity contribution is 7.85. The van der Waals surface area contributed by atoms with Crippen LogP contribution in [0.3, 0.4) is 0 Å². The summed E-state index contributed by atoms with van der Waals surface area (Å²) < 4.78 is 12.0. The summed E-state index contributed by atoms with van der Waals surface area (Å²) in [6.45, 7) is 5.20. The second kappa shape index (κ2) is 8.16. The van der Waals surface area contributed by atoms with Gasteiger partial charge in [-0.1, -0.05) is 30.1 Å². The number of hydrogen-bond donors (Lipinski definition) is 1. The molecule has 1 aromatic rings. The molecular weight excluding hydrogens is 289 g/mol. The van der Waals surface area contributed by atoms with Gasteiger partial charge < -0.3 is 5.32 Å². The highest BCUT2D eigenvalue weighted by Crippen LogP contribution is 2.24. The number of rotatable bonds is 7. The lowest BCUT2D eigenvalue weighted by Gasteiger charge is -2.11. The summed E-state index contributed by atoms with van der Waals surface area (Å²) in [5, 5.41) is 4.30. The highest BCUT2D eigenvalue weighted by atomic mass is 35.5. The van der Waals surface area contributed by atoms with Crippen LogP contribution in [0, 0.1) is 0 Å². The maximum absolute atomic E-state index is 12.0. The fraction of sp³-hybridized carbons (Fsp3) is 0.538. The van der Waals surface area contributed by atoms with Gasteiger partial charge in [0.25, 0.3) is 0 Å². The zero-order valence-electron chi connectivity index (χ0n) is 10.7. The van der Waals surface area contributed by atoms with E-state index in [-0.39, 0.29) is 0 Å². The Morgan fingerprint density at radius 2 is 2.06 bits per heavy atom. The molecule has 0 amide bonds. The van der Waals surface area contributed by atoms with Crippen LogP contribution in [0.2, 0.25) is 10.0 Å². The molecule has 0 aliphatic heterocycles. The Balaban J connectivity index is 2.43. The summed E-state index contributed by atoms with van der Waals surface area (Å²) in [7, 11) is -0.993. The summed E-state index contributed by atoms with van der Waals surface area (Å²) in [5.74, 6) is 0.660. The van der Waals surface area contributed by atoms with Crippen molar-refractivity contribution in [2.24, 2.45) is 0 Å². The molecule has 0 aromatic heterocycles. The zero-order chi connectivity index (χ0) is 13.5. The smallest absolute Gasteiger partial charge is 0.0604 e. The van der Waals surface area contributed by atoms with Crippen LogP contribution in [0.25, 0.3) is 0 Å². The number of hydrogen-bond acceptors (Lipinski definition) is 2. The Labute approximate surface area is 122 Å². The molecule has 0 radical (unpaired) electrons. The molecule has 0 aliphatic carbocycles. The lowest BCUT2D eigenvalue weighted by molar-refractivity contribution is 0.525. The molecule has 0 spiro atoms. The van der Waals surface area contributed by atoms with Crippen molar-refractivity contribution in [2.75, 3.05) is 12.3 Å². The summed E-state index contributed by atoms with van der Waals surface area (Å²) in [6.07, 6.45) is 1.96. The fourth-order valence-electron chi connectivity index (χ4n) is 1.71. The molecule has 1 N–H and O–H groups in total. The van der Waals surface area contributed by atoms with Gasteiger partial charge in [0.05, 0.1) is 20.8 Å². The van der Waals surface area contributed by atoms with E-state index in [4.69, 9.17) is 23.2 Å². The first-order valence-corrected chi connectivity index (χ1v) is 8.19. The molecule has 2 unspecified atom stereocenters. The minimum Gasteiger partial charge on any atom is -0.315 e. The Bertz CT molecular complexity index is 412. The molecule has 0 aliphatic rings. The van der Waals surface area contributed by atoms with Crippen LogP contribution >= 0.6 is 23.2 Å². The third kappa shape index (κ3) is 5.27. The van der Waals surface area contributed by atoms with Crippen LogP contribution in [0.15, 0.2) is 23.1 Å². The third-order valence-corrected chi connectivity index (χ3v) is 4.85. The monoisotopic (exact) mass is 307 g/mol. The van der Waals surface area contributed by atoms with Crippen molar-refractivity contribution in [1.29, 1.82) is 0 Å². The lowest BCUT2D eigenvalue weighted by Crippen LogP contribution is -2.25. The quantitative estimate of drug-likeness (QED) is 0.828. The molecule has 1 rings (SSSR count). The van der Waals surface area contributed by atoms with Crippen LogP contribution in [0.1, 0.15) is 26.7 Å². The molecule has 0 bridgehead atoms. The Kier molecular flexibility index (Phi) is 7.23. The molecule has 18 heavy (non-hydrogen) atoms. The number of nitrogens with one attached hydrogen (secondary N) is 1. The van der Waals surface area contributed by atoms with Gasteiger partial charge >= 0.3 is 0 Å². The van der Waals surface area contributed by atoms with Crippen molar-refractivity contribution in [1.82, 2.24) is 5.32 Å². The second-order valence-corrected chi connectivity index (χ2v) is 6.61. The predicted octanol–water partition coefficient (Wildman–Crippen LogP) is 3.88. The number of benzene rings is 1. The Morgan fingerprint density at radius 1 is 1.33 bits per heavy atom. The van der Waals surface area contributed by atoms with Crippen molar-refractivity contribution in [3.63, 3.8) is 0 Å². The van der Waals surface area contributed by atoms with E-state index < -0.39 is 10.8 Å². The molecule has 0 saturated heterocycles. The van der Waals surface area contributed by atoms with E-state index in [1.54, 1.807) is 18.2 Å². The van der Waals surface area contributed by atoms with Crippen LogP contribution in [-0.4, -0.2) is 22.5 Å². The van der Waals surface area contributed by atoms with Gasteiger partial charge in [0.15, 0.2) is 0 Å². The standard InChI is InChI=1S/C13H19Cl2NOS/c1-3-16-10(2)5-4-8-18(17)11-6-7-12(14)13(15)9-11/h6-7,9-10,16H,3-5,8H2,1-2H3. The molecule has 0 saturated carbocycles. The van der Waals surface area contributed by atoms with Gasteiger partial charge in [0.1, 0.15) is 0 Å². The second-order valence-electron chi connectivity index (χ2n) is 4.23. The van der Waals surface area contributed by atoms with E-state index in [0.717, 1.165) is 24.3 Å². The van der Waals surface area contributed by atoms with Crippen LogP contribution < -0.4 is 5.32 Å². The summed E-state index contributed by atoms with van der Waals surface area (Å²) >= 11 is 11.7. The molecule has 2 nitrogen and oxygen atoms in total. The van der Waals surface area contributed by atoms with E-state index in [0.29, 0.717) is 21.8 Å². The molecular formula is C13H19Cl2NOS. The molecule has 0 heterocycles. The summed E-state index contributed by atoms with van der Waals surface area (Å²) in [4.78, 5) is 0.750. The van der Waals surface area contributed by atoms with Crippen molar-refractivity contribution in [3.8, 4) is 0 Å². The third-order valence-electron chi connectivity index (χ3n) is 2.67. The first-order valence-electron chi connectivity index (χ1n) is 6.11. The minimum absolute atomic E-state index is 0.462. The van der Waals surface area contributed by atoms with Crippen molar-refractivity contribution >= 4 is 34.0 Å². The van der Waals surface area contributed by atoms with E-state index in [1.807, 2.05) is 0 Å². The van der Waals surface area contributed by atoms with Crippen molar-refractivity contribution < 1.29 is 4.21 Å². The van der Waals surface area contributed by atoms with Crippen LogP contribution in [0.5, 0.6) is 0 Å². The molecule has 0 fully saturated rings. The predicted molar refractivity (Wildman–Crippen MR) is 80.1 cm³/mol. The highest BCUT2D eigenvalue weighted by Gasteiger charge is 2.07. The average Bonchev–Trinajstić information content (AvgIpc) is 2.33. The van der Waals surface area contributed by atoms with Gasteiger partial charge in [-0.25, -0.2) is 0 Å². The maximum atomic E-state index is 12.0. The van der Waals surface area contributed by atoms with Crippen molar-refractivity contribution in [3.05, 3.63) is 28.2 Å². The Morgan fingerprint density at radius 3 is 2.67 bits per heavy atom. The summed E-state index contributed by atoms with van der Waals surface area (Å²) in [6, 6.07) is 5.63. The minimum atomic E-state index is -0.993. The van der Waals surface area contributed by atoms with E-state index in [9.17, 15) is 4.21 Å². The average molecular weight is 308 g/mol. The fourth-order valence-corrected chi connectivity index (χ4v) is 3.20. The normalized spacial score (nSPS) is 14.4. The van der Waals surface area contributed by atoms with E-state index >= 15 is 0 Å². The van der Waals surface area contributed by atoms with Gasteiger partial charge in [0.2, 0.25) is 0 Å². The molecule has 5 heteroatoms. The molecule has 1 aromatic carbocycles. The van der Waals surface area contributed by atoms with Crippen molar-refractivity contribution in [2.45, 2.75) is 37.6 Å². The zero-order valence-corrected chi connectivity index (χ0v) is 13.0. The topological polar surface area (TPSA) is 29.1 Å². The molecule has 102 valence electrons. The number of halogens is 2. The first-order chi connectivity index (χ1) is 8.54. The first kappa shape index (κ1) is 16.0. The van der Waals surface area contributed by atoms with E-state index in [1.165, 1.54) is 0 Å². The van der Waals surface area contributed by atoms with Crippen LogP contribution in [-0.2, 0) is 10.8 Å². The summed E-state index contributed by atoms with van der Waals surface area (Å²) in [5.41, 5.74) is 0. The van der Waals surface area contributed by atoms with Gasteiger partial charge in [-0.3, -0.25) is 4.21 Å². The van der Waals surface area contributed by atoms with Gasteiger partial charge in [0, 0.05) is 16.7 Å². The lowest BCUT2D eigenvalue weighted by atomic mass is 10.2. The van der Waals surface area contributed by atoms with Gasteiger partial charge in [-0.05, 0) is 44.5 Å². The maximum Gasteiger partial charge on any atom is 0.0604 e. The van der Waals surface area contributed by atoms with E-state index in [2.05, 4.69) is 19.2 Å². The van der Waals surface area contributed by atoms with Crippen LogP contribution in [0.4, 0.5) is 0 Å². The Hall–Kier alpha value is -0.0900. The SMILES string of the molecule is CCNC(C)CCCS(=O)c1ccc(Cl)c(Cl)c1.